The number of hydrogen-bond acceptors (Lipinski definition) is 4. The Bertz CT molecular complexity index is 912. The quantitative estimate of drug-likeness (QED) is 0.406. The van der Waals surface area contributed by atoms with E-state index in [2.05, 4.69) is 27.9 Å². The van der Waals surface area contributed by atoms with E-state index in [9.17, 15) is 37.7 Å². The van der Waals surface area contributed by atoms with Crippen LogP contribution >= 0.6 is 15.9 Å². The molecule has 2 fully saturated rings. The van der Waals surface area contributed by atoms with Gasteiger partial charge in [-0.3, -0.25) is 0 Å². The number of carbonyl (C=O) groups is 1. The second kappa shape index (κ2) is 11.4. The van der Waals surface area contributed by atoms with Crippen LogP contribution in [0.4, 0.5) is 17.6 Å². The molecule has 3 N–H and O–H groups in total. The van der Waals surface area contributed by atoms with Crippen molar-refractivity contribution in [3.05, 3.63) is 70.8 Å². The minimum Gasteiger partial charge on any atom is -0.479 e. The Morgan fingerprint density at radius 1 is 0.909 bits per heavy atom. The van der Waals surface area contributed by atoms with Crippen molar-refractivity contribution in [1.82, 2.24) is 4.90 Å². The van der Waals surface area contributed by atoms with Gasteiger partial charge < -0.3 is 20.2 Å². The molecule has 182 valence electrons. The molecule has 3 atom stereocenters. The Morgan fingerprint density at radius 3 is 1.64 bits per heavy atom. The van der Waals surface area contributed by atoms with E-state index in [-0.39, 0.29) is 6.10 Å². The fraction of sp³-hybridized carbons (Fsp3) is 0.435. The summed E-state index contributed by atoms with van der Waals surface area (Å²) in [6, 6.07) is 5.26. The highest BCUT2D eigenvalue weighted by Crippen LogP contribution is 2.34. The highest BCUT2D eigenvalue weighted by atomic mass is 79.9. The monoisotopic (exact) mass is 535 g/mol. The van der Waals surface area contributed by atoms with Gasteiger partial charge in [0.1, 0.15) is 0 Å². The molecule has 2 saturated heterocycles. The van der Waals surface area contributed by atoms with E-state index >= 15 is 0 Å². The van der Waals surface area contributed by atoms with E-state index in [1.807, 2.05) is 5.83 Å². The molecule has 10 heteroatoms. The molecule has 0 amide bonds. The Hall–Kier alpha value is -2.01. The van der Waals surface area contributed by atoms with Crippen LogP contribution in [0.5, 0.6) is 0 Å². The molecule has 0 unspecified atom stereocenters. The fourth-order valence-corrected chi connectivity index (χ4v) is 4.24. The summed E-state index contributed by atoms with van der Waals surface area (Å²) in [6.45, 7) is 0. The lowest BCUT2D eigenvalue weighted by atomic mass is 9.86. The maximum atomic E-state index is 13.2. The van der Waals surface area contributed by atoms with Crippen LogP contribution in [0.2, 0.25) is 0 Å². The van der Waals surface area contributed by atoms with Gasteiger partial charge in [0.15, 0.2) is 23.3 Å². The summed E-state index contributed by atoms with van der Waals surface area (Å²) in [4.78, 5) is 13.8. The lowest BCUT2D eigenvalue weighted by Gasteiger charge is -2.33. The Labute approximate surface area is 197 Å². The van der Waals surface area contributed by atoms with E-state index in [4.69, 9.17) is 0 Å². The SMILES string of the molecule is CBr.CN1[C@@H]2CC[C@H]1C[C@@H](O)C2.O=C(O)C(O)(c1ccc(F)c(F)c1)c1ccc(F)c(F)c1. The zero-order valence-corrected chi connectivity index (χ0v) is 19.7. The van der Waals surface area contributed by atoms with E-state index in [1.54, 1.807) is 0 Å². The minimum absolute atomic E-state index is 0.00583. The summed E-state index contributed by atoms with van der Waals surface area (Å²) in [5, 5.41) is 28.8. The molecule has 2 heterocycles. The smallest absolute Gasteiger partial charge is 0.345 e. The molecule has 33 heavy (non-hydrogen) atoms. The molecule has 2 bridgehead atoms. The zero-order valence-electron chi connectivity index (χ0n) is 18.1. The first-order valence-electron chi connectivity index (χ1n) is 10.2. The number of piperidine rings is 1. The summed E-state index contributed by atoms with van der Waals surface area (Å²) < 4.78 is 52.2. The van der Waals surface area contributed by atoms with Gasteiger partial charge in [-0.1, -0.05) is 28.1 Å². The zero-order chi connectivity index (χ0) is 24.9. The summed E-state index contributed by atoms with van der Waals surface area (Å²) in [6.07, 6.45) is 4.62. The lowest BCUT2D eigenvalue weighted by Crippen LogP contribution is -2.41. The molecular formula is C23H26BrF4NO4. The minimum atomic E-state index is -2.84. The number of alkyl halides is 1. The molecule has 0 aliphatic carbocycles. The summed E-state index contributed by atoms with van der Waals surface area (Å²) in [5.74, 6) is -5.27. The molecule has 2 aromatic carbocycles. The van der Waals surface area contributed by atoms with Crippen LogP contribution in [0.3, 0.4) is 0 Å². The van der Waals surface area contributed by atoms with Crippen molar-refractivity contribution < 1.29 is 37.7 Å². The number of aliphatic hydroxyl groups is 2. The number of benzene rings is 2. The number of aliphatic hydroxyl groups excluding tert-OH is 1. The molecule has 0 radical (unpaired) electrons. The highest BCUT2D eigenvalue weighted by Gasteiger charge is 2.41. The van der Waals surface area contributed by atoms with E-state index in [1.165, 1.54) is 12.8 Å². The van der Waals surface area contributed by atoms with Gasteiger partial charge in [-0.25, -0.2) is 22.4 Å². The molecule has 4 rings (SSSR count). The third-order valence-corrected chi connectivity index (χ3v) is 6.06. The van der Waals surface area contributed by atoms with Crippen LogP contribution in [-0.4, -0.2) is 57.3 Å². The van der Waals surface area contributed by atoms with Crippen molar-refractivity contribution in [3.63, 3.8) is 0 Å². The molecule has 2 aliphatic heterocycles. The van der Waals surface area contributed by atoms with E-state index in [0.29, 0.717) is 36.3 Å². The summed E-state index contributed by atoms with van der Waals surface area (Å²) in [7, 11) is 2.19. The van der Waals surface area contributed by atoms with Gasteiger partial charge in [-0.15, -0.1) is 0 Å². The number of aliphatic carboxylic acids is 1. The third kappa shape index (κ3) is 5.92. The first-order chi connectivity index (χ1) is 15.5. The van der Waals surface area contributed by atoms with Gasteiger partial charge in [0.05, 0.1) is 6.10 Å². The standard InChI is InChI=1S/C14H8F4O3.C8H15NO.CH3Br/c15-9-3-1-7(5-11(9)17)14(21,13(19)20)8-2-4-10(16)12(18)6-8;1-9-6-2-3-7(9)5-8(10)4-6;1-2/h1-6,21H,(H,19,20);6-8,10H,2-5H2,1H3;1H3/t;6-,7+,8+;. The van der Waals surface area contributed by atoms with E-state index < -0.39 is 46.0 Å². The molecule has 2 aliphatic rings. The maximum absolute atomic E-state index is 13.2. The predicted molar refractivity (Wildman–Crippen MR) is 118 cm³/mol. The van der Waals surface area contributed by atoms with Crippen LogP contribution in [0.25, 0.3) is 0 Å². The van der Waals surface area contributed by atoms with Gasteiger partial charge in [0, 0.05) is 23.2 Å². The second-order valence-electron chi connectivity index (χ2n) is 7.95. The van der Waals surface area contributed by atoms with Gasteiger partial charge >= 0.3 is 5.97 Å². The fourth-order valence-electron chi connectivity index (χ4n) is 4.24. The first-order valence-corrected chi connectivity index (χ1v) is 11.8. The number of halogens is 5. The summed E-state index contributed by atoms with van der Waals surface area (Å²) in [5.41, 5.74) is -3.90. The van der Waals surface area contributed by atoms with Gasteiger partial charge in [-0.2, -0.15) is 0 Å². The number of rotatable bonds is 3. The first kappa shape index (κ1) is 27.2. The van der Waals surface area contributed by atoms with Crippen molar-refractivity contribution in [1.29, 1.82) is 0 Å². The average Bonchev–Trinajstić information content (AvgIpc) is 2.99. The molecule has 0 spiro atoms. The van der Waals surface area contributed by atoms with Gasteiger partial charge in [0.2, 0.25) is 5.60 Å². The number of carboxylic acid groups (broad SMARTS) is 1. The van der Waals surface area contributed by atoms with Crippen LogP contribution in [0.1, 0.15) is 36.8 Å². The van der Waals surface area contributed by atoms with Crippen molar-refractivity contribution >= 4 is 21.9 Å². The third-order valence-electron chi connectivity index (χ3n) is 6.06. The Morgan fingerprint density at radius 2 is 1.30 bits per heavy atom. The number of fused-ring (bicyclic) bond motifs is 2. The number of carboxylic acids is 1. The molecule has 5 nitrogen and oxygen atoms in total. The topological polar surface area (TPSA) is 81.0 Å². The summed E-state index contributed by atoms with van der Waals surface area (Å²) >= 11 is 2.94. The molecule has 2 aromatic rings. The normalized spacial score (nSPS) is 22.0. The highest BCUT2D eigenvalue weighted by molar-refractivity contribution is 9.08. The Kier molecular flexibility index (Phi) is 9.42. The second-order valence-corrected chi connectivity index (χ2v) is 7.95. The van der Waals surface area contributed by atoms with Crippen LogP contribution in [0.15, 0.2) is 36.4 Å². The van der Waals surface area contributed by atoms with Gasteiger partial charge in [0.25, 0.3) is 0 Å². The molecule has 0 aromatic heterocycles. The largest absolute Gasteiger partial charge is 0.479 e. The van der Waals surface area contributed by atoms with Crippen LogP contribution in [0, 0.1) is 23.3 Å². The Balaban J connectivity index is 0.000000266. The number of hydrogen-bond donors (Lipinski definition) is 3. The van der Waals surface area contributed by atoms with Gasteiger partial charge in [-0.05, 0) is 62.8 Å². The molecular weight excluding hydrogens is 510 g/mol. The maximum Gasteiger partial charge on any atom is 0.345 e. The van der Waals surface area contributed by atoms with Crippen molar-refractivity contribution in [2.24, 2.45) is 0 Å². The predicted octanol–water partition coefficient (Wildman–Crippen LogP) is 4.18. The van der Waals surface area contributed by atoms with Crippen molar-refractivity contribution in [2.45, 2.75) is 49.5 Å². The molecule has 0 saturated carbocycles. The van der Waals surface area contributed by atoms with Crippen LogP contribution < -0.4 is 0 Å². The van der Waals surface area contributed by atoms with E-state index in [0.717, 1.165) is 25.0 Å². The van der Waals surface area contributed by atoms with Crippen molar-refractivity contribution in [2.75, 3.05) is 12.9 Å². The number of nitrogens with zero attached hydrogens (tertiary/aromatic N) is 1. The lowest BCUT2D eigenvalue weighted by molar-refractivity contribution is -0.155. The van der Waals surface area contributed by atoms with Crippen molar-refractivity contribution in [3.8, 4) is 0 Å². The van der Waals surface area contributed by atoms with Crippen LogP contribution in [-0.2, 0) is 10.4 Å². The average molecular weight is 536 g/mol.